The first-order valence-corrected chi connectivity index (χ1v) is 7.90. The second kappa shape index (κ2) is 5.31. The molecular formula is C14H10BrClN2OS. The van der Waals surface area contributed by atoms with Gasteiger partial charge < -0.3 is 4.74 Å². The molecule has 0 aliphatic heterocycles. The molecule has 20 heavy (non-hydrogen) atoms. The highest BCUT2D eigenvalue weighted by molar-refractivity contribution is 9.10. The molecule has 0 unspecified atom stereocenters. The molecule has 0 spiro atoms. The number of nitrogens with zero attached hydrogens (tertiary/aromatic N) is 2. The van der Waals surface area contributed by atoms with E-state index in [0.29, 0.717) is 11.0 Å². The van der Waals surface area contributed by atoms with Gasteiger partial charge in [-0.25, -0.2) is 9.97 Å². The molecule has 0 amide bonds. The maximum atomic E-state index is 6.32. The van der Waals surface area contributed by atoms with Crippen molar-refractivity contribution in [2.45, 2.75) is 6.92 Å². The quantitative estimate of drug-likeness (QED) is 0.590. The SMILES string of the molecule is COc1csc(-c2nc(Cl)c3c(Br)ccc(C)c3n2)c1. The Hall–Kier alpha value is -1.17. The van der Waals surface area contributed by atoms with Gasteiger partial charge in [-0.15, -0.1) is 11.3 Å². The third-order valence-corrected chi connectivity index (χ3v) is 4.83. The fourth-order valence-corrected chi connectivity index (χ4v) is 3.63. The monoisotopic (exact) mass is 368 g/mol. The molecule has 0 N–H and O–H groups in total. The fraction of sp³-hybridized carbons (Fsp3) is 0.143. The van der Waals surface area contributed by atoms with Gasteiger partial charge in [0.1, 0.15) is 10.9 Å². The highest BCUT2D eigenvalue weighted by Crippen LogP contribution is 2.35. The summed E-state index contributed by atoms with van der Waals surface area (Å²) in [5, 5.41) is 3.22. The van der Waals surface area contributed by atoms with E-state index in [2.05, 4.69) is 25.9 Å². The number of aromatic nitrogens is 2. The molecule has 102 valence electrons. The highest BCUT2D eigenvalue weighted by atomic mass is 79.9. The van der Waals surface area contributed by atoms with Gasteiger partial charge in [-0.1, -0.05) is 17.7 Å². The first-order chi connectivity index (χ1) is 9.60. The van der Waals surface area contributed by atoms with E-state index >= 15 is 0 Å². The van der Waals surface area contributed by atoms with Crippen molar-refractivity contribution in [3.05, 3.63) is 38.8 Å². The van der Waals surface area contributed by atoms with E-state index in [4.69, 9.17) is 16.3 Å². The predicted molar refractivity (Wildman–Crippen MR) is 86.9 cm³/mol. The van der Waals surface area contributed by atoms with Gasteiger partial charge >= 0.3 is 0 Å². The maximum Gasteiger partial charge on any atom is 0.171 e. The first kappa shape index (κ1) is 13.8. The van der Waals surface area contributed by atoms with E-state index in [1.165, 1.54) is 11.3 Å². The standard InChI is InChI=1S/C14H10BrClN2OS/c1-7-3-4-9(15)11-12(7)17-14(18-13(11)16)10-5-8(19-2)6-20-10/h3-6H,1-2H3. The van der Waals surface area contributed by atoms with Gasteiger partial charge in [0.05, 0.1) is 22.9 Å². The van der Waals surface area contributed by atoms with Gasteiger partial charge in [-0.05, 0) is 34.5 Å². The van der Waals surface area contributed by atoms with Crippen LogP contribution in [0.15, 0.2) is 28.1 Å². The molecule has 0 radical (unpaired) electrons. The van der Waals surface area contributed by atoms with Gasteiger partial charge in [-0.2, -0.15) is 0 Å². The summed E-state index contributed by atoms with van der Waals surface area (Å²) in [6.45, 7) is 2.01. The molecule has 0 aliphatic rings. The number of benzene rings is 1. The van der Waals surface area contributed by atoms with Gasteiger partial charge in [0, 0.05) is 15.9 Å². The Balaban J connectivity index is 2.26. The summed E-state index contributed by atoms with van der Waals surface area (Å²) in [5.74, 6) is 1.42. The molecule has 0 aliphatic carbocycles. The average molecular weight is 370 g/mol. The molecule has 0 saturated heterocycles. The molecule has 0 saturated carbocycles. The van der Waals surface area contributed by atoms with Gasteiger partial charge in [0.2, 0.25) is 0 Å². The average Bonchev–Trinajstić information content (AvgIpc) is 2.91. The zero-order valence-electron chi connectivity index (χ0n) is 10.8. The maximum absolute atomic E-state index is 6.32. The topological polar surface area (TPSA) is 35.0 Å². The lowest BCUT2D eigenvalue weighted by molar-refractivity contribution is 0.417. The molecule has 2 heterocycles. The minimum atomic E-state index is 0.452. The fourth-order valence-electron chi connectivity index (χ4n) is 1.94. The van der Waals surface area contributed by atoms with Crippen LogP contribution in [0.25, 0.3) is 21.6 Å². The number of hydrogen-bond acceptors (Lipinski definition) is 4. The molecule has 1 aromatic carbocycles. The van der Waals surface area contributed by atoms with Crippen LogP contribution >= 0.6 is 38.9 Å². The van der Waals surface area contributed by atoms with E-state index < -0.39 is 0 Å². The smallest absolute Gasteiger partial charge is 0.171 e. The summed E-state index contributed by atoms with van der Waals surface area (Å²) >= 11 is 11.4. The van der Waals surface area contributed by atoms with E-state index in [9.17, 15) is 0 Å². The van der Waals surface area contributed by atoms with E-state index in [-0.39, 0.29) is 0 Å². The van der Waals surface area contributed by atoms with Crippen LogP contribution in [-0.4, -0.2) is 17.1 Å². The van der Waals surface area contributed by atoms with Crippen molar-refractivity contribution >= 4 is 49.8 Å². The Morgan fingerprint density at radius 3 is 2.80 bits per heavy atom. The van der Waals surface area contributed by atoms with Gasteiger partial charge in [-0.3, -0.25) is 0 Å². The number of hydrogen-bond donors (Lipinski definition) is 0. The summed E-state index contributed by atoms with van der Waals surface area (Å²) in [6.07, 6.45) is 0. The van der Waals surface area contributed by atoms with Crippen LogP contribution in [-0.2, 0) is 0 Å². The van der Waals surface area contributed by atoms with Gasteiger partial charge in [0.25, 0.3) is 0 Å². The number of halogens is 2. The van der Waals surface area contributed by atoms with Crippen molar-refractivity contribution in [1.82, 2.24) is 9.97 Å². The molecule has 2 aromatic heterocycles. The van der Waals surface area contributed by atoms with E-state index in [1.54, 1.807) is 7.11 Å². The minimum absolute atomic E-state index is 0.452. The normalized spacial score (nSPS) is 11.0. The van der Waals surface area contributed by atoms with E-state index in [1.807, 2.05) is 30.5 Å². The number of ether oxygens (including phenoxy) is 1. The third-order valence-electron chi connectivity index (χ3n) is 2.99. The second-order valence-corrected chi connectivity index (χ2v) is 6.40. The van der Waals surface area contributed by atoms with Crippen LogP contribution in [0.4, 0.5) is 0 Å². The molecule has 3 rings (SSSR count). The van der Waals surface area contributed by atoms with E-state index in [0.717, 1.165) is 31.6 Å². The van der Waals surface area contributed by atoms with Crippen LogP contribution in [0.1, 0.15) is 5.56 Å². The largest absolute Gasteiger partial charge is 0.496 e. The lowest BCUT2D eigenvalue weighted by atomic mass is 10.1. The van der Waals surface area contributed by atoms with Crippen molar-refractivity contribution in [2.75, 3.05) is 7.11 Å². The molecule has 0 bridgehead atoms. The molecule has 6 heteroatoms. The Morgan fingerprint density at radius 1 is 1.30 bits per heavy atom. The summed E-state index contributed by atoms with van der Waals surface area (Å²) < 4.78 is 6.09. The summed E-state index contributed by atoms with van der Waals surface area (Å²) in [6, 6.07) is 5.88. The van der Waals surface area contributed by atoms with Crippen LogP contribution in [0.2, 0.25) is 5.15 Å². The van der Waals surface area contributed by atoms with Crippen molar-refractivity contribution in [3.8, 4) is 16.5 Å². The van der Waals surface area contributed by atoms with Gasteiger partial charge in [0.15, 0.2) is 5.82 Å². The second-order valence-electron chi connectivity index (χ2n) is 4.28. The summed E-state index contributed by atoms with van der Waals surface area (Å²) in [7, 11) is 1.64. The molecule has 3 aromatic rings. The number of aryl methyl sites for hydroxylation is 1. The number of thiophene rings is 1. The lowest BCUT2D eigenvalue weighted by Gasteiger charge is -2.07. The Morgan fingerprint density at radius 2 is 2.10 bits per heavy atom. The van der Waals surface area contributed by atoms with Crippen LogP contribution in [0, 0.1) is 6.92 Å². The predicted octanol–water partition coefficient (Wildman–Crippen LogP) is 5.09. The highest BCUT2D eigenvalue weighted by Gasteiger charge is 2.13. The number of methoxy groups -OCH3 is 1. The third kappa shape index (κ3) is 2.30. The van der Waals surface area contributed by atoms with Crippen LogP contribution < -0.4 is 4.74 Å². The van der Waals surface area contributed by atoms with Crippen LogP contribution in [0.3, 0.4) is 0 Å². The zero-order valence-corrected chi connectivity index (χ0v) is 13.9. The van der Waals surface area contributed by atoms with Crippen LogP contribution in [0.5, 0.6) is 5.75 Å². The minimum Gasteiger partial charge on any atom is -0.496 e. The lowest BCUT2D eigenvalue weighted by Crippen LogP contribution is -1.93. The summed E-state index contributed by atoms with van der Waals surface area (Å²) in [4.78, 5) is 9.98. The Kier molecular flexibility index (Phi) is 3.67. The number of fused-ring (bicyclic) bond motifs is 1. The molecular weight excluding hydrogens is 360 g/mol. The van der Waals surface area contributed by atoms with Crippen molar-refractivity contribution in [3.63, 3.8) is 0 Å². The summed E-state index contributed by atoms with van der Waals surface area (Å²) in [5.41, 5.74) is 1.93. The zero-order chi connectivity index (χ0) is 14.3. The van der Waals surface area contributed by atoms with Crippen molar-refractivity contribution < 1.29 is 4.74 Å². The van der Waals surface area contributed by atoms with Crippen molar-refractivity contribution in [1.29, 1.82) is 0 Å². The number of rotatable bonds is 2. The molecule has 0 atom stereocenters. The molecule has 0 fully saturated rings. The first-order valence-electron chi connectivity index (χ1n) is 5.85. The Labute approximate surface area is 133 Å². The molecule has 3 nitrogen and oxygen atoms in total. The van der Waals surface area contributed by atoms with Crippen molar-refractivity contribution in [2.24, 2.45) is 0 Å². The Bertz CT molecular complexity index is 803.